The number of sulfonamides is 1. The minimum absolute atomic E-state index is 0.0911. The molecule has 1 aromatic heterocycles. The van der Waals surface area contributed by atoms with Crippen LogP contribution < -0.4 is 5.32 Å². The highest BCUT2D eigenvalue weighted by Gasteiger charge is 2.31. The molecule has 0 saturated carbocycles. The predicted molar refractivity (Wildman–Crippen MR) is 72.6 cm³/mol. The first kappa shape index (κ1) is 14.2. The molecule has 7 heteroatoms. The van der Waals surface area contributed by atoms with Gasteiger partial charge in [-0.05, 0) is 25.0 Å². The largest absolute Gasteiger partial charge is 0.386 e. The molecule has 2 rings (SSSR count). The van der Waals surface area contributed by atoms with Gasteiger partial charge in [-0.1, -0.05) is 0 Å². The number of aromatic nitrogens is 1. The van der Waals surface area contributed by atoms with E-state index in [-0.39, 0.29) is 11.1 Å². The van der Waals surface area contributed by atoms with Crippen LogP contribution in [0, 0.1) is 0 Å². The third-order valence-electron chi connectivity index (χ3n) is 3.36. The Hall–Kier alpha value is -1.18. The fourth-order valence-corrected chi connectivity index (χ4v) is 3.80. The zero-order valence-corrected chi connectivity index (χ0v) is 12.0. The van der Waals surface area contributed by atoms with Crippen LogP contribution in [-0.2, 0) is 14.8 Å². The van der Waals surface area contributed by atoms with Crippen molar-refractivity contribution in [3.05, 3.63) is 18.3 Å². The summed E-state index contributed by atoms with van der Waals surface area (Å²) in [4.78, 5) is 4.01. The number of piperidine rings is 1. The van der Waals surface area contributed by atoms with Crippen molar-refractivity contribution in [2.24, 2.45) is 0 Å². The van der Waals surface area contributed by atoms with Crippen molar-refractivity contribution in [3.8, 4) is 0 Å². The first-order valence-corrected chi connectivity index (χ1v) is 7.69. The molecule has 0 unspecified atom stereocenters. The highest BCUT2D eigenvalue weighted by Crippen LogP contribution is 2.25. The van der Waals surface area contributed by atoms with E-state index in [0.29, 0.717) is 18.8 Å². The molecule has 0 aromatic carbocycles. The number of rotatable bonds is 4. The predicted octanol–water partition coefficient (Wildman–Crippen LogP) is 0.923. The highest BCUT2D eigenvalue weighted by molar-refractivity contribution is 7.89. The van der Waals surface area contributed by atoms with Crippen molar-refractivity contribution >= 4 is 15.7 Å². The molecular weight excluding hydrogens is 266 g/mol. The summed E-state index contributed by atoms with van der Waals surface area (Å²) in [5, 5.41) is 2.96. The van der Waals surface area contributed by atoms with Gasteiger partial charge in [-0.2, -0.15) is 4.31 Å². The van der Waals surface area contributed by atoms with Crippen molar-refractivity contribution < 1.29 is 13.2 Å². The van der Waals surface area contributed by atoms with Crippen molar-refractivity contribution in [2.45, 2.75) is 24.0 Å². The van der Waals surface area contributed by atoms with E-state index in [0.717, 1.165) is 12.8 Å². The van der Waals surface area contributed by atoms with Gasteiger partial charge in [0.25, 0.3) is 10.0 Å². The molecular formula is C12H19N3O3S. The first-order chi connectivity index (χ1) is 9.09. The molecule has 0 radical (unpaired) electrons. The van der Waals surface area contributed by atoms with Crippen LogP contribution in [0.15, 0.2) is 23.4 Å². The number of hydrogen-bond acceptors (Lipinski definition) is 5. The lowest BCUT2D eigenvalue weighted by atomic mass is 10.1. The molecule has 0 bridgehead atoms. The Labute approximate surface area is 113 Å². The van der Waals surface area contributed by atoms with E-state index in [1.54, 1.807) is 26.3 Å². The Balaban J connectivity index is 2.23. The molecule has 1 aromatic rings. The maximum Gasteiger partial charge on any atom is 0.262 e. The third-order valence-corrected chi connectivity index (χ3v) is 5.22. The molecule has 1 aliphatic heterocycles. The third kappa shape index (κ3) is 2.88. The summed E-state index contributed by atoms with van der Waals surface area (Å²) in [6.07, 6.45) is 3.09. The van der Waals surface area contributed by atoms with Crippen LogP contribution >= 0.6 is 0 Å². The molecule has 1 saturated heterocycles. The molecule has 0 spiro atoms. The second-order valence-electron chi connectivity index (χ2n) is 4.45. The molecule has 0 aliphatic carbocycles. The fourth-order valence-electron chi connectivity index (χ4n) is 2.22. The van der Waals surface area contributed by atoms with E-state index in [1.807, 2.05) is 0 Å². The summed E-state index contributed by atoms with van der Waals surface area (Å²) >= 11 is 0. The Bertz CT molecular complexity index is 525. The summed E-state index contributed by atoms with van der Waals surface area (Å²) in [5.41, 5.74) is 0.524. The smallest absolute Gasteiger partial charge is 0.262 e. The van der Waals surface area contributed by atoms with Crippen LogP contribution in [0.5, 0.6) is 0 Å². The SMILES string of the molecule is CNc1cccnc1S(=O)(=O)N1CCC(OC)CC1. The number of pyridine rings is 1. The number of methoxy groups -OCH3 is 1. The normalized spacial score (nSPS) is 18.4. The molecule has 1 aliphatic rings. The minimum atomic E-state index is -3.53. The van der Waals surface area contributed by atoms with Crippen LogP contribution in [0.1, 0.15) is 12.8 Å². The first-order valence-electron chi connectivity index (χ1n) is 6.25. The Morgan fingerprint density at radius 3 is 2.68 bits per heavy atom. The van der Waals surface area contributed by atoms with E-state index >= 15 is 0 Å². The molecule has 19 heavy (non-hydrogen) atoms. The lowest BCUT2D eigenvalue weighted by molar-refractivity contribution is 0.0604. The van der Waals surface area contributed by atoms with Crippen molar-refractivity contribution in [3.63, 3.8) is 0 Å². The second kappa shape index (κ2) is 5.85. The van der Waals surface area contributed by atoms with Gasteiger partial charge >= 0.3 is 0 Å². The van der Waals surface area contributed by atoms with Gasteiger partial charge in [0.1, 0.15) is 0 Å². The van der Waals surface area contributed by atoms with Gasteiger partial charge in [-0.3, -0.25) is 0 Å². The summed E-state index contributed by atoms with van der Waals surface area (Å²) in [6, 6.07) is 3.42. The van der Waals surface area contributed by atoms with Gasteiger partial charge < -0.3 is 10.1 Å². The zero-order chi connectivity index (χ0) is 13.9. The van der Waals surface area contributed by atoms with Crippen molar-refractivity contribution in [1.82, 2.24) is 9.29 Å². The van der Waals surface area contributed by atoms with Crippen LogP contribution in [0.4, 0.5) is 5.69 Å². The molecule has 1 N–H and O–H groups in total. The van der Waals surface area contributed by atoms with E-state index in [2.05, 4.69) is 10.3 Å². The molecule has 6 nitrogen and oxygen atoms in total. The lowest BCUT2D eigenvalue weighted by Gasteiger charge is -2.30. The van der Waals surface area contributed by atoms with Gasteiger partial charge in [0.05, 0.1) is 11.8 Å². The maximum absolute atomic E-state index is 12.5. The van der Waals surface area contributed by atoms with Crippen molar-refractivity contribution in [1.29, 1.82) is 0 Å². The Morgan fingerprint density at radius 2 is 2.11 bits per heavy atom. The number of anilines is 1. The average molecular weight is 285 g/mol. The summed E-state index contributed by atoms with van der Waals surface area (Å²) < 4.78 is 31.8. The molecule has 0 atom stereocenters. The van der Waals surface area contributed by atoms with Gasteiger partial charge in [0.2, 0.25) is 0 Å². The Kier molecular flexibility index (Phi) is 4.38. The van der Waals surface area contributed by atoms with Crippen LogP contribution in [0.3, 0.4) is 0 Å². The standard InChI is InChI=1S/C12H19N3O3S/c1-13-11-4-3-7-14-12(11)19(16,17)15-8-5-10(18-2)6-9-15/h3-4,7,10,13H,5-6,8-9H2,1-2H3. The number of ether oxygens (including phenoxy) is 1. The van der Waals surface area contributed by atoms with E-state index < -0.39 is 10.0 Å². The van der Waals surface area contributed by atoms with E-state index in [9.17, 15) is 8.42 Å². The highest BCUT2D eigenvalue weighted by atomic mass is 32.2. The van der Waals surface area contributed by atoms with Gasteiger partial charge in [-0.15, -0.1) is 0 Å². The monoisotopic (exact) mass is 285 g/mol. The lowest BCUT2D eigenvalue weighted by Crippen LogP contribution is -2.41. The quantitative estimate of drug-likeness (QED) is 0.891. The number of nitrogens with one attached hydrogen (secondary N) is 1. The summed E-state index contributed by atoms with van der Waals surface area (Å²) in [5.74, 6) is 0. The summed E-state index contributed by atoms with van der Waals surface area (Å²) in [6.45, 7) is 0.946. The molecule has 0 amide bonds. The van der Waals surface area contributed by atoms with Gasteiger partial charge in [0, 0.05) is 33.4 Å². The number of hydrogen-bond donors (Lipinski definition) is 1. The maximum atomic E-state index is 12.5. The fraction of sp³-hybridized carbons (Fsp3) is 0.583. The zero-order valence-electron chi connectivity index (χ0n) is 11.2. The Morgan fingerprint density at radius 1 is 1.42 bits per heavy atom. The molecule has 2 heterocycles. The van der Waals surface area contributed by atoms with Crippen molar-refractivity contribution in [2.75, 3.05) is 32.6 Å². The number of nitrogens with zero attached hydrogens (tertiary/aromatic N) is 2. The molecule has 106 valence electrons. The average Bonchev–Trinajstić information content (AvgIpc) is 2.47. The van der Waals surface area contributed by atoms with Crippen LogP contribution in [-0.4, -0.2) is 51.1 Å². The molecule has 1 fully saturated rings. The summed E-state index contributed by atoms with van der Waals surface area (Å²) in [7, 11) is -0.185. The van der Waals surface area contributed by atoms with Gasteiger partial charge in [0.15, 0.2) is 5.03 Å². The van der Waals surface area contributed by atoms with E-state index in [1.165, 1.54) is 10.5 Å². The van der Waals surface area contributed by atoms with Crippen LogP contribution in [0.2, 0.25) is 0 Å². The minimum Gasteiger partial charge on any atom is -0.386 e. The van der Waals surface area contributed by atoms with Gasteiger partial charge in [-0.25, -0.2) is 13.4 Å². The second-order valence-corrected chi connectivity index (χ2v) is 6.30. The topological polar surface area (TPSA) is 71.5 Å². The van der Waals surface area contributed by atoms with Crippen LogP contribution in [0.25, 0.3) is 0 Å². The van der Waals surface area contributed by atoms with E-state index in [4.69, 9.17) is 4.74 Å².